The number of fused-ring (bicyclic) bond motifs is 1. The van der Waals surface area contributed by atoms with Crippen molar-refractivity contribution in [3.63, 3.8) is 0 Å². The molecule has 0 spiro atoms. The quantitative estimate of drug-likeness (QED) is 0.737. The van der Waals surface area contributed by atoms with Crippen molar-refractivity contribution in [2.24, 2.45) is 0 Å². The number of anilines is 3. The Balaban J connectivity index is 2.08. The van der Waals surface area contributed by atoms with Crippen LogP contribution in [0.5, 0.6) is 0 Å². The first-order valence-electron chi connectivity index (χ1n) is 9.64. The van der Waals surface area contributed by atoms with Gasteiger partial charge in [-0.3, -0.25) is 14.7 Å². The van der Waals surface area contributed by atoms with Gasteiger partial charge in [-0.15, -0.1) is 0 Å². The zero-order chi connectivity index (χ0) is 21.0. The number of quaternary nitrogens is 1. The van der Waals surface area contributed by atoms with Crippen molar-refractivity contribution in [3.8, 4) is 0 Å². The molecule has 1 aliphatic heterocycles. The van der Waals surface area contributed by atoms with Crippen molar-refractivity contribution in [1.29, 1.82) is 0 Å². The summed E-state index contributed by atoms with van der Waals surface area (Å²) in [6.45, 7) is 6.23. The van der Waals surface area contributed by atoms with Gasteiger partial charge >= 0.3 is 0 Å². The van der Waals surface area contributed by atoms with Gasteiger partial charge in [-0.2, -0.15) is 4.98 Å². The smallest absolute Gasteiger partial charge is 0.251 e. The van der Waals surface area contributed by atoms with Crippen LogP contribution < -0.4 is 25.6 Å². The lowest BCUT2D eigenvalue weighted by Gasteiger charge is -2.39. The average Bonchev–Trinajstić information content (AvgIpc) is 2.76. The van der Waals surface area contributed by atoms with Gasteiger partial charge in [-0.05, 0) is 12.0 Å². The third-order valence-electron chi connectivity index (χ3n) is 4.92. The molecule has 1 aliphatic rings. The summed E-state index contributed by atoms with van der Waals surface area (Å²) in [5, 5.41) is 3.74. The molecule has 0 aliphatic carbocycles. The van der Waals surface area contributed by atoms with E-state index in [2.05, 4.69) is 17.0 Å². The number of carbonyl (C=O) groups excluding carboxylic acids is 1. The van der Waals surface area contributed by atoms with E-state index in [9.17, 15) is 4.79 Å². The first kappa shape index (κ1) is 20.5. The van der Waals surface area contributed by atoms with Gasteiger partial charge in [0.2, 0.25) is 5.95 Å². The van der Waals surface area contributed by atoms with E-state index in [0.29, 0.717) is 23.9 Å². The van der Waals surface area contributed by atoms with E-state index < -0.39 is 0 Å². The molecule has 2 aromatic rings. The minimum absolute atomic E-state index is 0.0109. The van der Waals surface area contributed by atoms with E-state index in [-0.39, 0.29) is 11.9 Å². The number of rotatable bonds is 7. The van der Waals surface area contributed by atoms with Gasteiger partial charge in [0.15, 0.2) is 5.82 Å². The zero-order valence-electron chi connectivity index (χ0n) is 17.3. The molecule has 3 N–H and O–H groups in total. The molecule has 3 rings (SSSR count). The Morgan fingerprint density at radius 2 is 2.10 bits per heavy atom. The number of hydrogen-bond acceptors (Lipinski definition) is 6. The van der Waals surface area contributed by atoms with E-state index >= 15 is 0 Å². The number of carbonyl (C=O) groups is 1. The summed E-state index contributed by atoms with van der Waals surface area (Å²) >= 11 is 0. The molecule has 29 heavy (non-hydrogen) atoms. The Morgan fingerprint density at radius 3 is 2.72 bits per heavy atom. The highest BCUT2D eigenvalue weighted by Gasteiger charge is 2.37. The first-order valence-corrected chi connectivity index (χ1v) is 9.64. The van der Waals surface area contributed by atoms with Crippen LogP contribution in [0.2, 0.25) is 0 Å². The van der Waals surface area contributed by atoms with Crippen LogP contribution in [0.1, 0.15) is 18.9 Å². The van der Waals surface area contributed by atoms with Crippen molar-refractivity contribution in [1.82, 2.24) is 15.4 Å². The predicted molar refractivity (Wildman–Crippen MR) is 116 cm³/mol. The fourth-order valence-electron chi connectivity index (χ4n) is 3.33. The van der Waals surface area contributed by atoms with Crippen LogP contribution >= 0.6 is 0 Å². The highest BCUT2D eigenvalue weighted by atomic mass is 16.2. The number of hydrogen-bond donors (Lipinski definition) is 2. The van der Waals surface area contributed by atoms with Crippen LogP contribution in [0.15, 0.2) is 55.5 Å². The van der Waals surface area contributed by atoms with Crippen LogP contribution in [0.4, 0.5) is 17.5 Å². The van der Waals surface area contributed by atoms with E-state index in [0.717, 1.165) is 11.3 Å². The van der Waals surface area contributed by atoms with Crippen LogP contribution in [0.25, 0.3) is 5.70 Å². The van der Waals surface area contributed by atoms with E-state index in [1.165, 1.54) is 0 Å². The maximum absolute atomic E-state index is 12.7. The third kappa shape index (κ3) is 3.85. The summed E-state index contributed by atoms with van der Waals surface area (Å²) in [7, 11) is 5.49. The SMILES string of the molecule is C=C(c1ccccc1)N(/C=C\[NH2+]C)c1ncc2c(n1)N(NC)C(CC)C(=O)N2C. The molecule has 2 heterocycles. The van der Waals surface area contributed by atoms with Crippen molar-refractivity contribution in [2.75, 3.05) is 36.0 Å². The van der Waals surface area contributed by atoms with Gasteiger partial charge in [0.05, 0.1) is 19.4 Å². The lowest BCUT2D eigenvalue weighted by molar-refractivity contribution is -0.556. The molecular formula is C21H28N7O+. The Labute approximate surface area is 171 Å². The lowest BCUT2D eigenvalue weighted by Crippen LogP contribution is -2.72. The number of hydrazine groups is 1. The van der Waals surface area contributed by atoms with Crippen LogP contribution in [-0.2, 0) is 4.79 Å². The number of amides is 1. The monoisotopic (exact) mass is 394 g/mol. The predicted octanol–water partition coefficient (Wildman–Crippen LogP) is 1.31. The Kier molecular flexibility index (Phi) is 6.26. The van der Waals surface area contributed by atoms with Crippen molar-refractivity contribution >= 4 is 29.1 Å². The van der Waals surface area contributed by atoms with Crippen LogP contribution in [0.3, 0.4) is 0 Å². The van der Waals surface area contributed by atoms with Gasteiger partial charge in [0.25, 0.3) is 5.91 Å². The summed E-state index contributed by atoms with van der Waals surface area (Å²) < 4.78 is 0. The zero-order valence-corrected chi connectivity index (χ0v) is 17.3. The second-order valence-corrected chi connectivity index (χ2v) is 6.65. The highest BCUT2D eigenvalue weighted by Crippen LogP contribution is 2.35. The highest BCUT2D eigenvalue weighted by molar-refractivity contribution is 6.04. The standard InChI is InChI=1S/C21H27N7O/c1-6-17-20(29)26(5)18-14-24-21(25-19(18)28(17)23-4)27(13-12-22-3)15(2)16-10-8-7-9-11-16/h7-14,17,22-23H,2,6H2,1,3-5H3/p+1/b13-12-. The van der Waals surface area contributed by atoms with Crippen LogP contribution in [0, 0.1) is 0 Å². The van der Waals surface area contributed by atoms with Gasteiger partial charge in [-0.25, -0.2) is 10.4 Å². The topological polar surface area (TPSA) is 81.2 Å². The molecule has 0 saturated carbocycles. The van der Waals surface area contributed by atoms with Gasteiger partial charge in [0, 0.05) is 19.8 Å². The minimum Gasteiger partial charge on any atom is -0.321 e. The number of nitrogens with two attached hydrogens (primary N) is 1. The second-order valence-electron chi connectivity index (χ2n) is 6.65. The normalized spacial score (nSPS) is 16.3. The number of likely N-dealkylation sites (N-methyl/N-ethyl adjacent to an activating group) is 1. The molecule has 0 fully saturated rings. The average molecular weight is 395 g/mol. The minimum atomic E-state index is -0.328. The molecule has 0 radical (unpaired) electrons. The lowest BCUT2D eigenvalue weighted by atomic mass is 10.1. The van der Waals surface area contributed by atoms with E-state index in [1.54, 1.807) is 25.2 Å². The van der Waals surface area contributed by atoms with Crippen molar-refractivity contribution in [3.05, 3.63) is 61.1 Å². The van der Waals surface area contributed by atoms with Gasteiger partial charge < -0.3 is 10.2 Å². The largest absolute Gasteiger partial charge is 0.321 e. The van der Waals surface area contributed by atoms with Gasteiger partial charge in [-0.1, -0.05) is 43.8 Å². The molecule has 0 saturated heterocycles. The fraction of sp³-hybridized carbons (Fsp3) is 0.286. The number of aromatic nitrogens is 2. The third-order valence-corrected chi connectivity index (χ3v) is 4.92. The summed E-state index contributed by atoms with van der Waals surface area (Å²) in [6, 6.07) is 9.57. The first-order chi connectivity index (χ1) is 14.0. The molecule has 8 heteroatoms. The molecule has 1 amide bonds. The van der Waals surface area contributed by atoms with Crippen molar-refractivity contribution in [2.45, 2.75) is 19.4 Å². The van der Waals surface area contributed by atoms with E-state index in [4.69, 9.17) is 4.98 Å². The molecular weight excluding hydrogens is 366 g/mol. The Morgan fingerprint density at radius 1 is 1.38 bits per heavy atom. The van der Waals surface area contributed by atoms with Crippen molar-refractivity contribution < 1.29 is 10.1 Å². The molecule has 1 atom stereocenters. The second kappa shape index (κ2) is 8.85. The maximum atomic E-state index is 12.7. The molecule has 152 valence electrons. The number of nitrogens with one attached hydrogen (secondary N) is 1. The molecule has 1 unspecified atom stereocenters. The molecule has 8 nitrogen and oxygen atoms in total. The molecule has 1 aromatic heterocycles. The summed E-state index contributed by atoms with van der Waals surface area (Å²) in [4.78, 5) is 25.5. The molecule has 1 aromatic carbocycles. The van der Waals surface area contributed by atoms with Crippen LogP contribution in [-0.4, -0.2) is 43.1 Å². The summed E-state index contributed by atoms with van der Waals surface area (Å²) in [5.74, 6) is 1.15. The maximum Gasteiger partial charge on any atom is 0.251 e. The Bertz CT molecular complexity index is 913. The summed E-state index contributed by atoms with van der Waals surface area (Å²) in [6.07, 6.45) is 6.14. The molecule has 0 bridgehead atoms. The Hall–Kier alpha value is -3.23. The summed E-state index contributed by atoms with van der Waals surface area (Å²) in [5.41, 5.74) is 5.50. The number of benzene rings is 1. The number of nitrogens with zero attached hydrogens (tertiary/aromatic N) is 5. The fourth-order valence-corrected chi connectivity index (χ4v) is 3.33. The van der Waals surface area contributed by atoms with Gasteiger partial charge in [0.1, 0.15) is 17.9 Å². The van der Waals surface area contributed by atoms with E-state index in [1.807, 2.05) is 71.9 Å².